The summed E-state index contributed by atoms with van der Waals surface area (Å²) in [5.41, 5.74) is 4.12. The molecule has 2 aromatic heterocycles. The van der Waals surface area contributed by atoms with Gasteiger partial charge >= 0.3 is 0 Å². The van der Waals surface area contributed by atoms with Crippen LogP contribution in [-0.4, -0.2) is 108 Å². The van der Waals surface area contributed by atoms with Gasteiger partial charge in [0.2, 0.25) is 11.8 Å². The minimum atomic E-state index is -5.91. The van der Waals surface area contributed by atoms with Crippen LogP contribution in [0.2, 0.25) is 0 Å². The van der Waals surface area contributed by atoms with E-state index in [0.717, 1.165) is 67.5 Å². The highest BCUT2D eigenvalue weighted by atomic mass is 32.2. The Labute approximate surface area is 422 Å². The average Bonchev–Trinajstić information content (AvgIpc) is 3.84. The molecular formula is C41H73N10O17P3S. The lowest BCUT2D eigenvalue weighted by molar-refractivity contribution is -0.247. The Morgan fingerprint density at radius 3 is 2.07 bits per heavy atom. The minimum Gasteiger partial charge on any atom is -0.756 e. The number of carbonyl (C=O) groups is 3. The summed E-state index contributed by atoms with van der Waals surface area (Å²) in [6, 6.07) is 0. The van der Waals surface area contributed by atoms with Gasteiger partial charge in [0.15, 0.2) is 22.8 Å². The first-order valence-corrected chi connectivity index (χ1v) is 27.2. The molecule has 1 aliphatic heterocycles. The molecule has 2 aromatic rings. The number of hydrogen-bond donors (Lipinski definition) is 9. The molecule has 1 aliphatic rings. The summed E-state index contributed by atoms with van der Waals surface area (Å²) < 4.78 is 61.1. The second kappa shape index (κ2) is 33.9. The number of phosphoric acid groups is 3. The van der Waals surface area contributed by atoms with E-state index in [1.165, 1.54) is 13.8 Å². The van der Waals surface area contributed by atoms with Gasteiger partial charge in [-0.2, -0.15) is 0 Å². The highest BCUT2D eigenvalue weighted by molar-refractivity contribution is 8.13. The Hall–Kier alpha value is -3.86. The van der Waals surface area contributed by atoms with E-state index in [0.29, 0.717) is 18.6 Å². The SMILES string of the molecule is CC/C=C/C/C=C/C/C=C/C/C=C/C/C=C/CCCC(=O)SCCNC(=O)CCNC(=O)[C@H](O)C(C)(C)COP(=O)([O-])OP(=O)([O-])OC[C@H]1O[C@@H](n2cnc3c(N)ncnc32)[C@H](O)[C@@H]1OP(=O)([O-])O.[NH4+].[NH4+].[NH4+]. The third-order valence-corrected chi connectivity index (χ3v) is 13.6. The summed E-state index contributed by atoms with van der Waals surface area (Å²) in [6.07, 6.45) is 20.3. The van der Waals surface area contributed by atoms with E-state index in [4.69, 9.17) is 10.5 Å². The highest BCUT2D eigenvalue weighted by Gasteiger charge is 2.48. The number of rotatable bonds is 32. The molecule has 19 N–H and O–H groups in total. The number of carbonyl (C=O) groups excluding carboxylic acids is 3. The van der Waals surface area contributed by atoms with Gasteiger partial charge in [-0.1, -0.05) is 93.3 Å². The number of fused-ring (bicyclic) bond motifs is 1. The van der Waals surface area contributed by atoms with E-state index in [1.54, 1.807) is 0 Å². The number of hydrogen-bond acceptors (Lipinski definition) is 21. The standard InChI is InChI=1S/C41H64N7O17P3S.3H3N/c1-4-5-6-7-8-9-10-11-12-13-14-15-16-17-18-19-20-21-32(50)69-25-24-43-31(49)22-23-44-39(53)36(52)41(2,3)27-62-68(59,60)65-67(57,58)61-26-30-35(64-66(54,55)56)34(51)40(63-30)48-29-47-33-37(42)45-28-46-38(33)48;;;/h5-6,8-9,11-12,14-15,17-18,28-30,34-36,40,51-52H,4,7,10,13,16,19-27H2,1-3H3,(H,43,49)(H,44,53)(H,57,58)(H,59,60)(H2,42,45,46)(H2,54,55,56);3*1H3/b6-5+,9-8+,12-11+,15-14+,18-17+;;;/t30-,34-,35-,36+,40-;;;/m1.../s1. The van der Waals surface area contributed by atoms with Gasteiger partial charge in [-0.05, 0) is 44.9 Å². The van der Waals surface area contributed by atoms with Gasteiger partial charge in [-0.25, -0.2) is 19.3 Å². The van der Waals surface area contributed by atoms with Crippen molar-refractivity contribution in [2.45, 2.75) is 109 Å². The summed E-state index contributed by atoms with van der Waals surface area (Å²) in [5, 5.41) is 26.4. The number of quaternary nitrogens is 3. The summed E-state index contributed by atoms with van der Waals surface area (Å²) in [5.74, 6) is -1.18. The zero-order valence-corrected chi connectivity index (χ0v) is 44.9. The van der Waals surface area contributed by atoms with Crippen molar-refractivity contribution in [2.75, 3.05) is 37.8 Å². The lowest BCUT2D eigenvalue weighted by Crippen LogP contribution is -2.46. The number of amides is 2. The Balaban J connectivity index is 0.0000168. The predicted molar refractivity (Wildman–Crippen MR) is 267 cm³/mol. The number of unbranched alkanes of at least 4 members (excludes halogenated alkanes) is 1. The zero-order valence-electron chi connectivity index (χ0n) is 41.4. The monoisotopic (exact) mass is 1100 g/mol. The van der Waals surface area contributed by atoms with E-state index < -0.39 is 84.6 Å². The van der Waals surface area contributed by atoms with E-state index in [9.17, 15) is 57.9 Å². The van der Waals surface area contributed by atoms with Crippen LogP contribution in [0.1, 0.15) is 84.8 Å². The van der Waals surface area contributed by atoms with Gasteiger partial charge in [0.05, 0.1) is 19.5 Å². The Kier molecular flexibility index (Phi) is 32.0. The molecule has 1 saturated heterocycles. The average molecular weight is 1100 g/mol. The van der Waals surface area contributed by atoms with Crippen LogP contribution in [0.25, 0.3) is 11.2 Å². The topological polar surface area (TPSA) is 482 Å². The van der Waals surface area contributed by atoms with Crippen LogP contribution in [0.15, 0.2) is 73.4 Å². The number of anilines is 1. The number of aromatic nitrogens is 4. The van der Waals surface area contributed by atoms with E-state index in [-0.39, 0.29) is 60.1 Å². The van der Waals surface area contributed by atoms with Crippen molar-refractivity contribution in [1.82, 2.24) is 48.6 Å². The van der Waals surface area contributed by atoms with Crippen LogP contribution in [0.4, 0.5) is 5.82 Å². The lowest BCUT2D eigenvalue weighted by Gasteiger charge is -2.35. The highest BCUT2D eigenvalue weighted by Crippen LogP contribution is 2.56. The van der Waals surface area contributed by atoms with E-state index in [1.807, 2.05) is 6.08 Å². The van der Waals surface area contributed by atoms with Crippen molar-refractivity contribution in [2.24, 2.45) is 5.41 Å². The molecule has 410 valence electrons. The number of ether oxygens (including phenoxy) is 1. The molecule has 3 rings (SSSR count). The number of phosphoric ester groups is 3. The molecule has 27 nitrogen and oxygen atoms in total. The molecule has 0 saturated carbocycles. The molecule has 0 bridgehead atoms. The van der Waals surface area contributed by atoms with Crippen molar-refractivity contribution in [3.63, 3.8) is 0 Å². The molecule has 2 amide bonds. The smallest absolute Gasteiger partial charge is 0.274 e. The number of thioether (sulfide) groups is 1. The van der Waals surface area contributed by atoms with Gasteiger partial charge in [-0.15, -0.1) is 0 Å². The number of aliphatic hydroxyl groups is 2. The quantitative estimate of drug-likeness (QED) is 0.0285. The molecule has 0 aromatic carbocycles. The largest absolute Gasteiger partial charge is 0.756 e. The summed E-state index contributed by atoms with van der Waals surface area (Å²) in [4.78, 5) is 94.8. The maximum absolute atomic E-state index is 12.6. The molecule has 0 radical (unpaired) electrons. The molecule has 0 spiro atoms. The van der Waals surface area contributed by atoms with Crippen LogP contribution in [0.3, 0.4) is 0 Å². The first-order valence-electron chi connectivity index (χ1n) is 21.8. The number of aliphatic hydroxyl groups excluding tert-OH is 2. The van der Waals surface area contributed by atoms with Gasteiger partial charge in [0.25, 0.3) is 23.5 Å². The number of nitrogens with one attached hydrogen (secondary N) is 2. The van der Waals surface area contributed by atoms with E-state index in [2.05, 4.69) is 105 Å². The normalized spacial score (nSPS) is 20.2. The van der Waals surface area contributed by atoms with E-state index >= 15 is 0 Å². The van der Waals surface area contributed by atoms with Gasteiger partial charge in [-0.3, -0.25) is 32.6 Å². The fraction of sp³-hybridized carbons (Fsp3) is 0.561. The van der Waals surface area contributed by atoms with Crippen LogP contribution in [-0.2, 0) is 50.7 Å². The number of nitrogens with zero attached hydrogens (tertiary/aromatic N) is 4. The Morgan fingerprint density at radius 1 is 0.889 bits per heavy atom. The van der Waals surface area contributed by atoms with Crippen molar-refractivity contribution in [3.05, 3.63) is 73.4 Å². The number of imidazole rings is 1. The molecule has 0 aliphatic carbocycles. The predicted octanol–water partition coefficient (Wildman–Crippen LogP) is 3.82. The summed E-state index contributed by atoms with van der Waals surface area (Å²) >= 11 is 1.10. The summed E-state index contributed by atoms with van der Waals surface area (Å²) in [7, 11) is -17.4. The summed E-state index contributed by atoms with van der Waals surface area (Å²) in [6.45, 7) is 2.27. The number of nitrogen functional groups attached to an aromatic ring is 1. The van der Waals surface area contributed by atoms with Crippen molar-refractivity contribution < 1.29 is 80.5 Å². The van der Waals surface area contributed by atoms with Gasteiger partial charge in [0.1, 0.15) is 36.3 Å². The Bertz CT molecular complexity index is 2280. The second-order valence-corrected chi connectivity index (χ2v) is 21.1. The molecule has 72 heavy (non-hydrogen) atoms. The fourth-order valence-corrected chi connectivity index (χ4v) is 9.55. The maximum Gasteiger partial charge on any atom is 0.274 e. The molecule has 8 atom stereocenters. The molecule has 3 unspecified atom stereocenters. The van der Waals surface area contributed by atoms with Crippen molar-refractivity contribution in [1.29, 1.82) is 0 Å². The Morgan fingerprint density at radius 2 is 1.47 bits per heavy atom. The van der Waals surface area contributed by atoms with Crippen LogP contribution in [0.5, 0.6) is 0 Å². The zero-order chi connectivity index (χ0) is 51.1. The molecule has 31 heteroatoms. The fourth-order valence-electron chi connectivity index (χ4n) is 6.08. The van der Waals surface area contributed by atoms with Crippen molar-refractivity contribution >= 4 is 69.1 Å². The molecule has 3 heterocycles. The van der Waals surface area contributed by atoms with Crippen molar-refractivity contribution in [3.8, 4) is 0 Å². The third kappa shape index (κ3) is 25.4. The number of nitrogens with two attached hydrogens (primary N) is 1. The first-order chi connectivity index (χ1) is 32.6. The second-order valence-electron chi connectivity index (χ2n) is 15.8. The maximum atomic E-state index is 12.6. The van der Waals surface area contributed by atoms with Crippen LogP contribution >= 0.6 is 35.2 Å². The van der Waals surface area contributed by atoms with Gasteiger partial charge in [0, 0.05) is 37.1 Å². The first kappa shape index (κ1) is 68.1. The third-order valence-electron chi connectivity index (χ3n) is 9.65. The number of allylic oxidation sites excluding steroid dienone is 10. The molecule has 1 fully saturated rings. The van der Waals surface area contributed by atoms with Crippen LogP contribution < -0.4 is 49.5 Å². The molecular weight excluding hydrogens is 1030 g/mol. The minimum absolute atomic E-state index is 0. The lowest BCUT2D eigenvalue weighted by atomic mass is 9.87. The van der Waals surface area contributed by atoms with Gasteiger partial charge < -0.3 is 82.9 Å². The van der Waals surface area contributed by atoms with Crippen LogP contribution in [0, 0.1) is 5.41 Å².